The Labute approximate surface area is 78.8 Å². The number of carbonyl (C=O) groups is 1. The molecule has 0 spiro atoms. The maximum atomic E-state index is 10.7. The molecule has 2 nitrogen and oxygen atoms in total. The van der Waals surface area contributed by atoms with Crippen LogP contribution >= 0.6 is 0 Å². The van der Waals surface area contributed by atoms with Gasteiger partial charge in [-0.15, -0.1) is 0 Å². The van der Waals surface area contributed by atoms with Crippen molar-refractivity contribution in [3.63, 3.8) is 0 Å². The first-order valence-corrected chi connectivity index (χ1v) is 4.61. The van der Waals surface area contributed by atoms with Crippen LogP contribution in [0.4, 0.5) is 5.69 Å². The van der Waals surface area contributed by atoms with E-state index in [-0.39, 0.29) is 0 Å². The molecule has 2 N–H and O–H groups in total. The van der Waals surface area contributed by atoms with Crippen LogP contribution in [0.15, 0.2) is 18.2 Å². The third-order valence-corrected chi connectivity index (χ3v) is 2.10. The van der Waals surface area contributed by atoms with Gasteiger partial charge in [-0.3, -0.25) is 4.79 Å². The minimum Gasteiger partial charge on any atom is -0.399 e. The van der Waals surface area contributed by atoms with E-state index in [9.17, 15) is 4.79 Å². The fourth-order valence-electron chi connectivity index (χ4n) is 1.32. The maximum Gasteiger partial charge on any atom is 0.150 e. The first-order valence-electron chi connectivity index (χ1n) is 4.61. The molecule has 0 heterocycles. The molecule has 70 valence electrons. The molecular weight excluding hydrogens is 162 g/mol. The minimum absolute atomic E-state index is 0.655. The van der Waals surface area contributed by atoms with E-state index in [1.807, 2.05) is 12.1 Å². The van der Waals surface area contributed by atoms with Crippen LogP contribution in [0.1, 0.15) is 35.7 Å². The Morgan fingerprint density at radius 2 is 2.23 bits per heavy atom. The van der Waals surface area contributed by atoms with Gasteiger partial charge in [-0.2, -0.15) is 0 Å². The third kappa shape index (κ3) is 2.58. The van der Waals surface area contributed by atoms with Crippen LogP contribution in [0.3, 0.4) is 0 Å². The van der Waals surface area contributed by atoms with Crippen LogP contribution in [0.25, 0.3) is 0 Å². The first-order chi connectivity index (χ1) is 6.27. The highest BCUT2D eigenvalue weighted by Crippen LogP contribution is 2.14. The van der Waals surface area contributed by atoms with Crippen LogP contribution in [0.2, 0.25) is 0 Å². The average molecular weight is 177 g/mol. The predicted octanol–water partition coefficient (Wildman–Crippen LogP) is 2.42. The lowest BCUT2D eigenvalue weighted by atomic mass is 10.0. The average Bonchev–Trinajstić information content (AvgIpc) is 2.16. The number of carbonyl (C=O) groups excluding carboxylic acids is 1. The molecule has 0 bridgehead atoms. The molecule has 0 amide bonds. The highest BCUT2D eigenvalue weighted by atomic mass is 16.1. The molecular formula is C11H15NO. The van der Waals surface area contributed by atoms with Crippen molar-refractivity contribution < 1.29 is 4.79 Å². The van der Waals surface area contributed by atoms with Gasteiger partial charge in [0, 0.05) is 11.3 Å². The Morgan fingerprint density at radius 1 is 1.46 bits per heavy atom. The Kier molecular flexibility index (Phi) is 3.50. The molecule has 0 aliphatic rings. The predicted molar refractivity (Wildman–Crippen MR) is 54.9 cm³/mol. The van der Waals surface area contributed by atoms with Gasteiger partial charge in [-0.05, 0) is 30.5 Å². The summed E-state index contributed by atoms with van der Waals surface area (Å²) in [6, 6.07) is 5.52. The molecule has 13 heavy (non-hydrogen) atoms. The number of hydrogen-bond donors (Lipinski definition) is 1. The van der Waals surface area contributed by atoms with Crippen LogP contribution in [-0.2, 0) is 6.42 Å². The van der Waals surface area contributed by atoms with Crippen molar-refractivity contribution in [1.82, 2.24) is 0 Å². The summed E-state index contributed by atoms with van der Waals surface area (Å²) in [5.41, 5.74) is 8.06. The number of nitrogens with two attached hydrogens (primary N) is 1. The van der Waals surface area contributed by atoms with Gasteiger partial charge < -0.3 is 5.73 Å². The lowest BCUT2D eigenvalue weighted by Gasteiger charge is -2.04. The summed E-state index contributed by atoms with van der Waals surface area (Å²) in [4.78, 5) is 10.7. The number of anilines is 1. The number of aldehydes is 1. The van der Waals surface area contributed by atoms with Gasteiger partial charge in [-0.1, -0.05) is 19.4 Å². The summed E-state index contributed by atoms with van der Waals surface area (Å²) in [7, 11) is 0. The smallest absolute Gasteiger partial charge is 0.150 e. The maximum absolute atomic E-state index is 10.7. The minimum atomic E-state index is 0.655. The van der Waals surface area contributed by atoms with Gasteiger partial charge in [0.2, 0.25) is 0 Å². The number of unbranched alkanes of at least 4 members (excludes halogenated alkanes) is 1. The molecule has 0 aliphatic carbocycles. The van der Waals surface area contributed by atoms with Crippen molar-refractivity contribution in [3.8, 4) is 0 Å². The molecule has 0 atom stereocenters. The lowest BCUT2D eigenvalue weighted by molar-refractivity contribution is 0.112. The molecule has 0 aromatic heterocycles. The van der Waals surface area contributed by atoms with Gasteiger partial charge in [0.05, 0.1) is 0 Å². The Hall–Kier alpha value is -1.31. The second-order valence-corrected chi connectivity index (χ2v) is 3.18. The summed E-state index contributed by atoms with van der Waals surface area (Å²) >= 11 is 0. The fourth-order valence-corrected chi connectivity index (χ4v) is 1.32. The van der Waals surface area contributed by atoms with E-state index in [1.165, 1.54) is 0 Å². The molecule has 0 fully saturated rings. The van der Waals surface area contributed by atoms with Gasteiger partial charge in [0.15, 0.2) is 0 Å². The summed E-state index contributed by atoms with van der Waals surface area (Å²) in [6.07, 6.45) is 4.10. The molecule has 2 heteroatoms. The highest BCUT2D eigenvalue weighted by molar-refractivity contribution is 5.79. The van der Waals surface area contributed by atoms with Crippen molar-refractivity contribution in [3.05, 3.63) is 29.3 Å². The summed E-state index contributed by atoms with van der Waals surface area (Å²) < 4.78 is 0. The summed E-state index contributed by atoms with van der Waals surface area (Å²) in [5.74, 6) is 0. The fraction of sp³-hybridized carbons (Fsp3) is 0.364. The van der Waals surface area contributed by atoms with Crippen LogP contribution in [0, 0.1) is 0 Å². The van der Waals surface area contributed by atoms with Gasteiger partial charge >= 0.3 is 0 Å². The molecule has 0 radical (unpaired) electrons. The topological polar surface area (TPSA) is 43.1 Å². The number of nitrogen functional groups attached to an aromatic ring is 1. The number of benzene rings is 1. The van der Waals surface area contributed by atoms with Crippen molar-refractivity contribution in [2.24, 2.45) is 0 Å². The zero-order valence-electron chi connectivity index (χ0n) is 7.92. The van der Waals surface area contributed by atoms with Gasteiger partial charge in [-0.25, -0.2) is 0 Å². The quantitative estimate of drug-likeness (QED) is 0.567. The molecule has 0 saturated heterocycles. The van der Waals surface area contributed by atoms with Crippen molar-refractivity contribution in [2.45, 2.75) is 26.2 Å². The SMILES string of the molecule is CCCCc1ccc(N)cc1C=O. The molecule has 0 saturated carbocycles. The van der Waals surface area contributed by atoms with E-state index in [1.54, 1.807) is 6.07 Å². The van der Waals surface area contributed by atoms with Gasteiger partial charge in [0.25, 0.3) is 0 Å². The molecule has 0 aliphatic heterocycles. The van der Waals surface area contributed by atoms with Crippen molar-refractivity contribution >= 4 is 12.0 Å². The van der Waals surface area contributed by atoms with Crippen LogP contribution in [0.5, 0.6) is 0 Å². The molecule has 0 unspecified atom stereocenters. The lowest BCUT2D eigenvalue weighted by Crippen LogP contribution is -1.95. The second-order valence-electron chi connectivity index (χ2n) is 3.18. The molecule has 1 rings (SSSR count). The van der Waals surface area contributed by atoms with E-state index in [0.717, 1.165) is 36.7 Å². The van der Waals surface area contributed by atoms with Crippen LogP contribution < -0.4 is 5.73 Å². The highest BCUT2D eigenvalue weighted by Gasteiger charge is 2.00. The standard InChI is InChI=1S/C11H15NO/c1-2-3-4-9-5-6-11(12)7-10(9)8-13/h5-8H,2-4,12H2,1H3. The number of aryl methyl sites for hydroxylation is 1. The summed E-state index contributed by atoms with van der Waals surface area (Å²) in [6.45, 7) is 2.14. The Balaban J connectivity index is 2.86. The number of rotatable bonds is 4. The largest absolute Gasteiger partial charge is 0.399 e. The molecule has 1 aromatic rings. The molecule has 1 aromatic carbocycles. The summed E-state index contributed by atoms with van der Waals surface area (Å²) in [5, 5.41) is 0. The van der Waals surface area contributed by atoms with Crippen LogP contribution in [-0.4, -0.2) is 6.29 Å². The number of hydrogen-bond acceptors (Lipinski definition) is 2. The van der Waals surface area contributed by atoms with Crippen molar-refractivity contribution in [1.29, 1.82) is 0 Å². The van der Waals surface area contributed by atoms with Gasteiger partial charge in [0.1, 0.15) is 6.29 Å². The van der Waals surface area contributed by atoms with E-state index in [2.05, 4.69) is 6.92 Å². The normalized spacial score (nSPS) is 9.92. The monoisotopic (exact) mass is 177 g/mol. The van der Waals surface area contributed by atoms with E-state index < -0.39 is 0 Å². The second kappa shape index (κ2) is 4.65. The van der Waals surface area contributed by atoms with E-state index in [4.69, 9.17) is 5.73 Å². The van der Waals surface area contributed by atoms with Crippen molar-refractivity contribution in [2.75, 3.05) is 5.73 Å². The Bertz CT molecular complexity index is 294. The Morgan fingerprint density at radius 3 is 2.85 bits per heavy atom. The van der Waals surface area contributed by atoms with E-state index in [0.29, 0.717) is 5.69 Å². The third-order valence-electron chi connectivity index (χ3n) is 2.10. The zero-order chi connectivity index (χ0) is 9.68. The first kappa shape index (κ1) is 9.78. The zero-order valence-corrected chi connectivity index (χ0v) is 7.92. The van der Waals surface area contributed by atoms with E-state index >= 15 is 0 Å².